The molecule has 5 nitrogen and oxygen atoms in total. The zero-order valence-corrected chi connectivity index (χ0v) is 16.3. The maximum absolute atomic E-state index is 12.5. The monoisotopic (exact) mass is 377 g/mol. The molecule has 1 fully saturated rings. The third kappa shape index (κ3) is 5.78. The molecule has 1 saturated carbocycles. The number of unbranched alkanes of at least 4 members (excludes halogenated alkanes) is 2. The summed E-state index contributed by atoms with van der Waals surface area (Å²) in [6.07, 6.45) is 6.06. The quantitative estimate of drug-likeness (QED) is 0.376. The highest BCUT2D eigenvalue weighted by Gasteiger charge is 2.29. The molecule has 0 radical (unpaired) electrons. The molecule has 0 bridgehead atoms. The SMILES string of the molecule is CCCCCC(=NNC(=O)c1ccc(NC(=O)C2CC2)cc1)c1ccccc1. The molecular weight excluding hydrogens is 350 g/mol. The molecule has 0 spiro atoms. The summed E-state index contributed by atoms with van der Waals surface area (Å²) in [4.78, 5) is 24.3. The van der Waals surface area contributed by atoms with Gasteiger partial charge in [0, 0.05) is 17.2 Å². The van der Waals surface area contributed by atoms with Gasteiger partial charge in [-0.05, 0) is 55.5 Å². The van der Waals surface area contributed by atoms with Crippen molar-refractivity contribution in [3.63, 3.8) is 0 Å². The fourth-order valence-electron chi connectivity index (χ4n) is 2.92. The minimum atomic E-state index is -0.260. The molecule has 3 rings (SSSR count). The molecule has 2 aromatic carbocycles. The van der Waals surface area contributed by atoms with Gasteiger partial charge in [0.05, 0.1) is 5.71 Å². The standard InChI is InChI=1S/C23H27N3O2/c1-2-3-5-10-21(17-8-6-4-7-9-17)25-26-23(28)19-13-15-20(16-14-19)24-22(27)18-11-12-18/h4,6-9,13-16,18H,2-3,5,10-12H2,1H3,(H,24,27)(H,26,28). The van der Waals surface area contributed by atoms with Crippen LogP contribution in [0.15, 0.2) is 59.7 Å². The van der Waals surface area contributed by atoms with Crippen LogP contribution in [-0.2, 0) is 4.79 Å². The van der Waals surface area contributed by atoms with Crippen LogP contribution in [0.1, 0.15) is 61.4 Å². The van der Waals surface area contributed by atoms with E-state index in [9.17, 15) is 9.59 Å². The second-order valence-electron chi connectivity index (χ2n) is 7.16. The Morgan fingerprint density at radius 2 is 1.68 bits per heavy atom. The molecule has 2 N–H and O–H groups in total. The Kier molecular flexibility index (Phi) is 6.95. The average molecular weight is 377 g/mol. The summed E-state index contributed by atoms with van der Waals surface area (Å²) in [7, 11) is 0. The number of amides is 2. The highest BCUT2D eigenvalue weighted by atomic mass is 16.2. The maximum Gasteiger partial charge on any atom is 0.271 e. The molecule has 1 aliphatic carbocycles. The number of nitrogens with zero attached hydrogens (tertiary/aromatic N) is 1. The van der Waals surface area contributed by atoms with Gasteiger partial charge in [-0.25, -0.2) is 5.43 Å². The third-order valence-electron chi connectivity index (χ3n) is 4.78. The molecule has 2 amide bonds. The van der Waals surface area contributed by atoms with Crippen LogP contribution in [0, 0.1) is 5.92 Å². The molecule has 5 heteroatoms. The van der Waals surface area contributed by atoms with E-state index in [1.54, 1.807) is 24.3 Å². The number of hydrogen-bond acceptors (Lipinski definition) is 3. The molecule has 1 aliphatic rings. The Labute approximate surface area is 166 Å². The van der Waals surface area contributed by atoms with Gasteiger partial charge < -0.3 is 5.32 Å². The van der Waals surface area contributed by atoms with Crippen LogP contribution in [0.5, 0.6) is 0 Å². The zero-order chi connectivity index (χ0) is 19.8. The first kappa shape index (κ1) is 19.8. The second kappa shape index (κ2) is 9.83. The number of carbonyl (C=O) groups excluding carboxylic acids is 2. The summed E-state index contributed by atoms with van der Waals surface area (Å²) in [6.45, 7) is 2.16. The van der Waals surface area contributed by atoms with Gasteiger partial charge in [0.2, 0.25) is 5.91 Å². The lowest BCUT2D eigenvalue weighted by Crippen LogP contribution is -2.20. The van der Waals surface area contributed by atoms with Crippen LogP contribution >= 0.6 is 0 Å². The number of carbonyl (C=O) groups is 2. The largest absolute Gasteiger partial charge is 0.326 e. The molecule has 2 aromatic rings. The van der Waals surface area contributed by atoms with Gasteiger partial charge in [-0.15, -0.1) is 0 Å². The van der Waals surface area contributed by atoms with Crippen molar-refractivity contribution in [1.29, 1.82) is 0 Å². The summed E-state index contributed by atoms with van der Waals surface area (Å²) in [5.41, 5.74) is 5.80. The first-order valence-electron chi connectivity index (χ1n) is 10.0. The van der Waals surface area contributed by atoms with Crippen LogP contribution in [-0.4, -0.2) is 17.5 Å². The molecular formula is C23H27N3O2. The van der Waals surface area contributed by atoms with E-state index in [2.05, 4.69) is 22.8 Å². The highest BCUT2D eigenvalue weighted by molar-refractivity contribution is 6.02. The third-order valence-corrected chi connectivity index (χ3v) is 4.78. The van der Waals surface area contributed by atoms with E-state index >= 15 is 0 Å². The van der Waals surface area contributed by atoms with E-state index in [0.29, 0.717) is 11.3 Å². The Morgan fingerprint density at radius 1 is 0.964 bits per heavy atom. The van der Waals surface area contributed by atoms with Gasteiger partial charge in [-0.3, -0.25) is 9.59 Å². The van der Waals surface area contributed by atoms with Crippen molar-refractivity contribution in [2.24, 2.45) is 11.0 Å². The van der Waals surface area contributed by atoms with Crippen LogP contribution in [0.3, 0.4) is 0 Å². The average Bonchev–Trinajstić information content (AvgIpc) is 3.57. The molecule has 0 unspecified atom stereocenters. The number of benzene rings is 2. The summed E-state index contributed by atoms with van der Waals surface area (Å²) in [5, 5.41) is 7.26. The lowest BCUT2D eigenvalue weighted by atomic mass is 10.0. The number of hydrogen-bond donors (Lipinski definition) is 2. The lowest BCUT2D eigenvalue weighted by Gasteiger charge is -2.08. The van der Waals surface area contributed by atoms with E-state index in [-0.39, 0.29) is 17.7 Å². The Hall–Kier alpha value is -2.95. The van der Waals surface area contributed by atoms with E-state index < -0.39 is 0 Å². The maximum atomic E-state index is 12.5. The topological polar surface area (TPSA) is 70.6 Å². The Bertz CT molecular complexity index is 825. The molecule has 0 atom stereocenters. The summed E-state index contributed by atoms with van der Waals surface area (Å²) in [6, 6.07) is 16.8. The Morgan fingerprint density at radius 3 is 2.32 bits per heavy atom. The summed E-state index contributed by atoms with van der Waals surface area (Å²) in [5.74, 6) is -0.0493. The van der Waals surface area contributed by atoms with Gasteiger partial charge in [0.25, 0.3) is 5.91 Å². The normalized spacial score (nSPS) is 13.8. The van der Waals surface area contributed by atoms with Gasteiger partial charge in [0.1, 0.15) is 0 Å². The molecule has 0 aliphatic heterocycles. The van der Waals surface area contributed by atoms with Crippen LogP contribution in [0.2, 0.25) is 0 Å². The molecule has 0 heterocycles. The summed E-state index contributed by atoms with van der Waals surface area (Å²) >= 11 is 0. The zero-order valence-electron chi connectivity index (χ0n) is 16.3. The van der Waals surface area contributed by atoms with Crippen molar-refractivity contribution in [3.05, 3.63) is 65.7 Å². The smallest absolute Gasteiger partial charge is 0.271 e. The van der Waals surface area contributed by atoms with Crippen molar-refractivity contribution in [2.45, 2.75) is 45.4 Å². The fraction of sp³-hybridized carbons (Fsp3) is 0.348. The van der Waals surface area contributed by atoms with E-state index in [1.807, 2.05) is 30.3 Å². The Balaban J connectivity index is 1.62. The van der Waals surface area contributed by atoms with Crippen molar-refractivity contribution in [3.8, 4) is 0 Å². The van der Waals surface area contributed by atoms with E-state index in [1.165, 1.54) is 0 Å². The number of anilines is 1. The summed E-state index contributed by atoms with van der Waals surface area (Å²) < 4.78 is 0. The fourth-order valence-corrected chi connectivity index (χ4v) is 2.92. The number of nitrogens with one attached hydrogen (secondary N) is 2. The predicted molar refractivity (Wildman–Crippen MR) is 112 cm³/mol. The first-order valence-corrected chi connectivity index (χ1v) is 10.0. The first-order chi connectivity index (χ1) is 13.7. The van der Waals surface area contributed by atoms with Crippen LogP contribution in [0.4, 0.5) is 5.69 Å². The van der Waals surface area contributed by atoms with Gasteiger partial charge in [-0.1, -0.05) is 50.1 Å². The number of rotatable bonds is 9. The van der Waals surface area contributed by atoms with Crippen LogP contribution < -0.4 is 10.7 Å². The van der Waals surface area contributed by atoms with Crippen molar-refractivity contribution in [2.75, 3.05) is 5.32 Å². The van der Waals surface area contributed by atoms with Crippen molar-refractivity contribution < 1.29 is 9.59 Å². The molecule has 28 heavy (non-hydrogen) atoms. The van der Waals surface area contributed by atoms with Gasteiger partial charge in [-0.2, -0.15) is 5.10 Å². The van der Waals surface area contributed by atoms with E-state index in [0.717, 1.165) is 49.8 Å². The predicted octanol–water partition coefficient (Wildman–Crippen LogP) is 4.75. The molecule has 146 valence electrons. The lowest BCUT2D eigenvalue weighted by molar-refractivity contribution is -0.117. The van der Waals surface area contributed by atoms with Crippen molar-refractivity contribution >= 4 is 23.2 Å². The van der Waals surface area contributed by atoms with Crippen LogP contribution in [0.25, 0.3) is 0 Å². The second-order valence-corrected chi connectivity index (χ2v) is 7.16. The minimum Gasteiger partial charge on any atom is -0.326 e. The van der Waals surface area contributed by atoms with Gasteiger partial charge in [0.15, 0.2) is 0 Å². The minimum absolute atomic E-state index is 0.0568. The van der Waals surface area contributed by atoms with Crippen molar-refractivity contribution in [1.82, 2.24) is 5.43 Å². The highest BCUT2D eigenvalue weighted by Crippen LogP contribution is 2.30. The van der Waals surface area contributed by atoms with E-state index in [4.69, 9.17) is 0 Å². The number of hydrazone groups is 1. The van der Waals surface area contributed by atoms with Gasteiger partial charge >= 0.3 is 0 Å². The molecule has 0 aromatic heterocycles. The molecule has 0 saturated heterocycles.